The van der Waals surface area contributed by atoms with E-state index in [0.717, 1.165) is 12.8 Å². The van der Waals surface area contributed by atoms with E-state index >= 15 is 0 Å². The largest absolute Gasteiger partial charge is 0.481 e. The zero-order valence-electron chi connectivity index (χ0n) is 15.0. The van der Waals surface area contributed by atoms with Gasteiger partial charge in [-0.15, -0.1) is 0 Å². The van der Waals surface area contributed by atoms with E-state index in [-0.39, 0.29) is 55.1 Å². The molecular weight excluding hydrogens is 452 g/mol. The second-order valence-electron chi connectivity index (χ2n) is 6.09. The molecule has 0 saturated heterocycles. The summed E-state index contributed by atoms with van der Waals surface area (Å²) in [4.78, 5) is 10.3. The number of carboxylic acid groups (broad SMARTS) is 1. The third-order valence-electron chi connectivity index (χ3n) is 3.99. The second-order valence-corrected chi connectivity index (χ2v) is 6.09. The van der Waals surface area contributed by atoms with Gasteiger partial charge < -0.3 is 5.11 Å². The van der Waals surface area contributed by atoms with Crippen LogP contribution in [-0.4, -0.2) is 11.1 Å². The molecule has 0 fully saturated rings. The van der Waals surface area contributed by atoms with Gasteiger partial charge in [0.2, 0.25) is 0 Å². The first-order chi connectivity index (χ1) is 9.77. The summed E-state index contributed by atoms with van der Waals surface area (Å²) in [6.45, 7) is 2.27. The van der Waals surface area contributed by atoms with Crippen LogP contribution < -0.4 is 0 Å². The van der Waals surface area contributed by atoms with Gasteiger partial charge in [0, 0.05) is 61.5 Å². The van der Waals surface area contributed by atoms with E-state index in [0.29, 0.717) is 6.42 Å². The SMILES string of the molecule is CCCCCCCCCCCCCCCCCC(=O)O.[La].[Zn]. The van der Waals surface area contributed by atoms with Crippen LogP contribution in [0.25, 0.3) is 0 Å². The minimum Gasteiger partial charge on any atom is -0.481 e. The third kappa shape index (κ3) is 26.2. The van der Waals surface area contributed by atoms with Crippen molar-refractivity contribution < 1.29 is 65.0 Å². The van der Waals surface area contributed by atoms with Gasteiger partial charge in [-0.1, -0.05) is 96.8 Å². The Morgan fingerprint density at radius 1 is 0.636 bits per heavy atom. The molecule has 0 unspecified atom stereocenters. The number of hydrogen-bond acceptors (Lipinski definition) is 1. The molecular formula is C18H36LaO2Zn. The molecule has 125 valence electrons. The first-order valence-corrected chi connectivity index (χ1v) is 8.99. The molecule has 1 radical (unpaired) electrons. The molecule has 4 heteroatoms. The zero-order valence-corrected chi connectivity index (χ0v) is 21.5. The number of hydrogen-bond donors (Lipinski definition) is 1. The molecule has 0 saturated carbocycles. The van der Waals surface area contributed by atoms with Gasteiger partial charge in [0.25, 0.3) is 0 Å². The van der Waals surface area contributed by atoms with Crippen molar-refractivity contribution in [3.63, 3.8) is 0 Å². The van der Waals surface area contributed by atoms with Crippen molar-refractivity contribution in [1.29, 1.82) is 0 Å². The van der Waals surface area contributed by atoms with E-state index in [4.69, 9.17) is 5.11 Å². The maximum atomic E-state index is 10.3. The Labute approximate surface area is 179 Å². The smallest absolute Gasteiger partial charge is 0.303 e. The molecule has 1 N–H and O–H groups in total. The maximum Gasteiger partial charge on any atom is 0.303 e. The fourth-order valence-corrected chi connectivity index (χ4v) is 2.65. The summed E-state index contributed by atoms with van der Waals surface area (Å²) >= 11 is 0. The van der Waals surface area contributed by atoms with Crippen LogP contribution in [0, 0.1) is 35.6 Å². The minimum absolute atomic E-state index is 0. The van der Waals surface area contributed by atoms with E-state index in [9.17, 15) is 4.79 Å². The average molecular weight is 489 g/mol. The molecule has 2 nitrogen and oxygen atoms in total. The van der Waals surface area contributed by atoms with Crippen molar-refractivity contribution in [1.82, 2.24) is 0 Å². The van der Waals surface area contributed by atoms with Crippen molar-refractivity contribution in [2.45, 2.75) is 110 Å². The van der Waals surface area contributed by atoms with Gasteiger partial charge in [0.1, 0.15) is 0 Å². The average Bonchev–Trinajstić information content (AvgIpc) is 2.43. The van der Waals surface area contributed by atoms with E-state index < -0.39 is 5.97 Å². The standard InChI is InChI=1S/C18H36O2.La.Zn/c1-2-3-4-5-6-7-8-9-10-11-12-13-14-15-16-17-18(19)20;;/h2-17H2,1H3,(H,19,20);;. The van der Waals surface area contributed by atoms with Gasteiger partial charge in [-0.25, -0.2) is 0 Å². The quantitative estimate of drug-likeness (QED) is 0.204. The molecule has 0 amide bonds. The normalized spacial score (nSPS) is 9.86. The molecule has 0 bridgehead atoms. The molecule has 0 spiro atoms. The minimum atomic E-state index is -0.653. The number of carboxylic acids is 1. The molecule has 0 aliphatic heterocycles. The van der Waals surface area contributed by atoms with E-state index in [1.165, 1.54) is 83.5 Å². The second kappa shape index (κ2) is 24.5. The molecule has 0 rings (SSSR count). The van der Waals surface area contributed by atoms with Gasteiger partial charge >= 0.3 is 5.97 Å². The predicted molar refractivity (Wildman–Crippen MR) is 87.2 cm³/mol. The van der Waals surface area contributed by atoms with Crippen molar-refractivity contribution in [3.8, 4) is 0 Å². The van der Waals surface area contributed by atoms with Crippen LogP contribution in [0.2, 0.25) is 0 Å². The number of aliphatic carboxylic acids is 1. The van der Waals surface area contributed by atoms with E-state index in [2.05, 4.69) is 6.92 Å². The fraction of sp³-hybridized carbons (Fsp3) is 0.944. The summed E-state index contributed by atoms with van der Waals surface area (Å²) in [5.41, 5.74) is 0. The van der Waals surface area contributed by atoms with Crippen LogP contribution in [0.1, 0.15) is 110 Å². The van der Waals surface area contributed by atoms with E-state index in [1.807, 2.05) is 0 Å². The van der Waals surface area contributed by atoms with Crippen LogP contribution in [0.5, 0.6) is 0 Å². The predicted octanol–water partition coefficient (Wildman–Crippen LogP) is 6.33. The summed E-state index contributed by atoms with van der Waals surface area (Å²) in [6.07, 6.45) is 20.2. The Hall–Kier alpha value is 1.29. The summed E-state index contributed by atoms with van der Waals surface area (Å²) < 4.78 is 0. The van der Waals surface area contributed by atoms with Crippen LogP contribution >= 0.6 is 0 Å². The van der Waals surface area contributed by atoms with Gasteiger partial charge in [-0.3, -0.25) is 4.79 Å². The summed E-state index contributed by atoms with van der Waals surface area (Å²) in [7, 11) is 0. The summed E-state index contributed by atoms with van der Waals surface area (Å²) in [6, 6.07) is 0. The van der Waals surface area contributed by atoms with Crippen LogP contribution in [0.3, 0.4) is 0 Å². The number of carbonyl (C=O) groups is 1. The molecule has 0 atom stereocenters. The zero-order chi connectivity index (χ0) is 14.9. The Bertz CT molecular complexity index is 213. The first-order valence-electron chi connectivity index (χ1n) is 8.99. The summed E-state index contributed by atoms with van der Waals surface area (Å²) in [5, 5.41) is 8.52. The maximum absolute atomic E-state index is 10.3. The monoisotopic (exact) mass is 487 g/mol. The van der Waals surface area contributed by atoms with Crippen LogP contribution in [-0.2, 0) is 24.3 Å². The number of rotatable bonds is 16. The Kier molecular flexibility index (Phi) is 31.4. The topological polar surface area (TPSA) is 37.3 Å². The Morgan fingerprint density at radius 2 is 0.909 bits per heavy atom. The molecule has 0 aromatic rings. The van der Waals surface area contributed by atoms with Crippen molar-refractivity contribution in [2.24, 2.45) is 0 Å². The molecule has 0 aliphatic rings. The number of unbranched alkanes of at least 4 members (excludes halogenated alkanes) is 14. The molecule has 0 aromatic carbocycles. The Balaban J connectivity index is -0.00000180. The molecule has 22 heavy (non-hydrogen) atoms. The first kappa shape index (κ1) is 28.1. The third-order valence-corrected chi connectivity index (χ3v) is 3.99. The Morgan fingerprint density at radius 3 is 1.18 bits per heavy atom. The van der Waals surface area contributed by atoms with Crippen LogP contribution in [0.15, 0.2) is 0 Å². The summed E-state index contributed by atoms with van der Waals surface area (Å²) in [5.74, 6) is -0.653. The van der Waals surface area contributed by atoms with Crippen molar-refractivity contribution in [3.05, 3.63) is 0 Å². The van der Waals surface area contributed by atoms with Gasteiger partial charge in [-0.2, -0.15) is 0 Å². The van der Waals surface area contributed by atoms with Gasteiger partial charge in [0.05, 0.1) is 0 Å². The van der Waals surface area contributed by atoms with Crippen molar-refractivity contribution in [2.75, 3.05) is 0 Å². The molecule has 0 heterocycles. The molecule has 0 aromatic heterocycles. The van der Waals surface area contributed by atoms with E-state index in [1.54, 1.807) is 0 Å². The van der Waals surface area contributed by atoms with Crippen LogP contribution in [0.4, 0.5) is 0 Å². The van der Waals surface area contributed by atoms with Gasteiger partial charge in [-0.05, 0) is 6.42 Å². The van der Waals surface area contributed by atoms with Crippen molar-refractivity contribution >= 4 is 5.97 Å². The molecule has 0 aliphatic carbocycles. The van der Waals surface area contributed by atoms with Gasteiger partial charge in [0.15, 0.2) is 0 Å². The fourth-order valence-electron chi connectivity index (χ4n) is 2.65.